The number of nitrogens with zero attached hydrogens (tertiary/aromatic N) is 1. The highest BCUT2D eigenvalue weighted by molar-refractivity contribution is 6.31. The summed E-state index contributed by atoms with van der Waals surface area (Å²) in [7, 11) is 0. The van der Waals surface area contributed by atoms with E-state index in [4.69, 9.17) is 11.6 Å². The van der Waals surface area contributed by atoms with Crippen molar-refractivity contribution in [3.8, 4) is 0 Å². The topological polar surface area (TPSA) is 73.5 Å². The highest BCUT2D eigenvalue weighted by Gasteiger charge is 2.43. The Kier molecular flexibility index (Phi) is 7.80. The molecule has 2 amide bonds. The molecule has 3 N–H and O–H groups in total. The first-order valence-electron chi connectivity index (χ1n) is 12.1. The van der Waals surface area contributed by atoms with Gasteiger partial charge >= 0.3 is 6.18 Å². The quantitative estimate of drug-likeness (QED) is 0.532. The van der Waals surface area contributed by atoms with Gasteiger partial charge < -0.3 is 20.9 Å². The smallest absolute Gasteiger partial charge is 0.371 e. The van der Waals surface area contributed by atoms with Gasteiger partial charge in [-0.25, -0.2) is 0 Å². The Balaban J connectivity index is 1.34. The van der Waals surface area contributed by atoms with Gasteiger partial charge in [0.1, 0.15) is 0 Å². The number of aryl methyl sites for hydroxylation is 1. The predicted molar refractivity (Wildman–Crippen MR) is 133 cm³/mol. The minimum atomic E-state index is -4.54. The number of nitrogens with one attached hydrogen (secondary N) is 3. The third kappa shape index (κ3) is 5.95. The standard InChI is InChI=1S/C26H30ClF3N4O2/c1-17-5-6-21(14-22(17)27)34-11-7-19(8-12-34)25(9-10-31-16-25)33-23(35)15-32-24(36)18-3-2-4-20(13-18)26(28,29)30/h2-6,13-14,19,31H,7-12,15-16H2,1H3,(H,32,36)(H,33,35)/t25-/m0/s1. The Morgan fingerprint density at radius 1 is 1.17 bits per heavy atom. The van der Waals surface area contributed by atoms with Gasteiger partial charge in [0.15, 0.2) is 0 Å². The molecule has 10 heteroatoms. The number of carbonyl (C=O) groups excluding carboxylic acids is 2. The van der Waals surface area contributed by atoms with E-state index in [1.807, 2.05) is 19.1 Å². The van der Waals surface area contributed by atoms with Crippen molar-refractivity contribution in [3.05, 3.63) is 64.2 Å². The number of anilines is 1. The number of rotatable bonds is 6. The first-order valence-corrected chi connectivity index (χ1v) is 12.4. The van der Waals surface area contributed by atoms with Crippen LogP contribution in [0, 0.1) is 12.8 Å². The summed E-state index contributed by atoms with van der Waals surface area (Å²) in [5, 5.41) is 9.68. The van der Waals surface area contributed by atoms with E-state index in [-0.39, 0.29) is 23.9 Å². The lowest BCUT2D eigenvalue weighted by Crippen LogP contribution is -2.59. The number of amides is 2. The predicted octanol–water partition coefficient (Wildman–Crippen LogP) is 4.16. The lowest BCUT2D eigenvalue weighted by Gasteiger charge is -2.43. The van der Waals surface area contributed by atoms with E-state index in [2.05, 4.69) is 26.9 Å². The zero-order valence-electron chi connectivity index (χ0n) is 20.1. The van der Waals surface area contributed by atoms with Crippen LogP contribution in [0.2, 0.25) is 5.02 Å². The number of benzene rings is 2. The molecule has 0 radical (unpaired) electrons. The molecule has 2 aliphatic rings. The maximum absolute atomic E-state index is 12.9. The molecular formula is C26H30ClF3N4O2. The fourth-order valence-corrected chi connectivity index (χ4v) is 5.33. The van der Waals surface area contributed by atoms with Crippen molar-refractivity contribution in [2.24, 2.45) is 5.92 Å². The summed E-state index contributed by atoms with van der Waals surface area (Å²) in [6, 6.07) is 10.2. The van der Waals surface area contributed by atoms with Crippen LogP contribution in [-0.4, -0.2) is 50.1 Å². The van der Waals surface area contributed by atoms with Crippen molar-refractivity contribution >= 4 is 29.1 Å². The van der Waals surface area contributed by atoms with Gasteiger partial charge in [0.2, 0.25) is 5.91 Å². The van der Waals surface area contributed by atoms with Crippen molar-refractivity contribution < 1.29 is 22.8 Å². The molecular weight excluding hydrogens is 493 g/mol. The highest BCUT2D eigenvalue weighted by Crippen LogP contribution is 2.35. The molecule has 6 nitrogen and oxygen atoms in total. The maximum Gasteiger partial charge on any atom is 0.416 e. The van der Waals surface area contributed by atoms with Crippen LogP contribution in [0.1, 0.15) is 40.7 Å². The minimum Gasteiger partial charge on any atom is -0.371 e. The lowest BCUT2D eigenvalue weighted by atomic mass is 9.76. The molecule has 0 unspecified atom stereocenters. The van der Waals surface area contributed by atoms with E-state index < -0.39 is 23.2 Å². The minimum absolute atomic E-state index is 0.140. The van der Waals surface area contributed by atoms with Crippen molar-refractivity contribution in [2.45, 2.75) is 37.9 Å². The van der Waals surface area contributed by atoms with E-state index in [1.165, 1.54) is 12.1 Å². The van der Waals surface area contributed by atoms with Gasteiger partial charge in [-0.1, -0.05) is 23.7 Å². The molecule has 0 bridgehead atoms. The average Bonchev–Trinajstić information content (AvgIpc) is 3.33. The summed E-state index contributed by atoms with van der Waals surface area (Å²) in [5.74, 6) is -0.820. The fourth-order valence-electron chi connectivity index (χ4n) is 5.16. The van der Waals surface area contributed by atoms with Crippen LogP contribution in [0.3, 0.4) is 0 Å². The van der Waals surface area contributed by atoms with Crippen LogP contribution >= 0.6 is 11.6 Å². The number of halogens is 4. The van der Waals surface area contributed by atoms with E-state index >= 15 is 0 Å². The average molecular weight is 523 g/mol. The summed E-state index contributed by atoms with van der Waals surface area (Å²) < 4.78 is 38.8. The number of alkyl halides is 3. The Bertz CT molecular complexity index is 1110. The number of hydrogen-bond acceptors (Lipinski definition) is 4. The summed E-state index contributed by atoms with van der Waals surface area (Å²) in [4.78, 5) is 27.5. The zero-order valence-corrected chi connectivity index (χ0v) is 20.8. The molecule has 36 heavy (non-hydrogen) atoms. The van der Waals surface area contributed by atoms with Crippen molar-refractivity contribution in [2.75, 3.05) is 37.6 Å². The molecule has 0 spiro atoms. The molecule has 2 aromatic carbocycles. The molecule has 1 atom stereocenters. The monoisotopic (exact) mass is 522 g/mol. The summed E-state index contributed by atoms with van der Waals surface area (Å²) in [5.41, 5.74) is 0.654. The second-order valence-corrected chi connectivity index (χ2v) is 9.99. The third-order valence-electron chi connectivity index (χ3n) is 7.24. The zero-order chi connectivity index (χ0) is 25.9. The maximum atomic E-state index is 12.9. The Hall–Kier alpha value is -2.78. The van der Waals surface area contributed by atoms with Gasteiger partial charge in [0, 0.05) is 35.9 Å². The van der Waals surface area contributed by atoms with Crippen molar-refractivity contribution in [3.63, 3.8) is 0 Å². The van der Waals surface area contributed by atoms with Gasteiger partial charge in [-0.15, -0.1) is 0 Å². The van der Waals surface area contributed by atoms with E-state index in [9.17, 15) is 22.8 Å². The van der Waals surface area contributed by atoms with Crippen molar-refractivity contribution in [1.82, 2.24) is 16.0 Å². The normalized spacial score (nSPS) is 20.9. The number of hydrogen-bond donors (Lipinski definition) is 3. The van der Waals surface area contributed by atoms with Crippen LogP contribution < -0.4 is 20.9 Å². The van der Waals surface area contributed by atoms with E-state index in [1.54, 1.807) is 0 Å². The Morgan fingerprint density at radius 3 is 2.56 bits per heavy atom. The molecule has 2 aliphatic heterocycles. The van der Waals surface area contributed by atoms with Gasteiger partial charge in [-0.3, -0.25) is 9.59 Å². The van der Waals surface area contributed by atoms with Crippen molar-refractivity contribution in [1.29, 1.82) is 0 Å². The van der Waals surface area contributed by atoms with Crippen LogP contribution in [0.5, 0.6) is 0 Å². The summed E-state index contributed by atoms with van der Waals surface area (Å²) in [6.07, 6.45) is -1.98. The molecule has 0 aromatic heterocycles. The highest BCUT2D eigenvalue weighted by atomic mass is 35.5. The SMILES string of the molecule is Cc1ccc(N2CCC([C@]3(NC(=O)CNC(=O)c4cccc(C(F)(F)F)c4)CCNC3)CC2)cc1Cl. The van der Waals surface area contributed by atoms with Gasteiger partial charge in [0.25, 0.3) is 5.91 Å². The van der Waals surface area contributed by atoms with Crippen LogP contribution in [0.4, 0.5) is 18.9 Å². The molecule has 4 rings (SSSR count). The number of piperidine rings is 1. The molecule has 0 aliphatic carbocycles. The van der Waals surface area contributed by atoms with Crippen LogP contribution in [0.25, 0.3) is 0 Å². The largest absolute Gasteiger partial charge is 0.416 e. The van der Waals surface area contributed by atoms with Gasteiger partial charge in [-0.05, 0) is 74.5 Å². The van der Waals surface area contributed by atoms with Crippen LogP contribution in [-0.2, 0) is 11.0 Å². The third-order valence-corrected chi connectivity index (χ3v) is 7.64. The van der Waals surface area contributed by atoms with Gasteiger partial charge in [-0.2, -0.15) is 13.2 Å². The molecule has 2 heterocycles. The Morgan fingerprint density at radius 2 is 1.92 bits per heavy atom. The molecule has 2 fully saturated rings. The summed E-state index contributed by atoms with van der Waals surface area (Å²) >= 11 is 6.30. The Labute approximate surface area is 213 Å². The molecule has 2 saturated heterocycles. The molecule has 194 valence electrons. The van der Waals surface area contributed by atoms with E-state index in [0.29, 0.717) is 6.54 Å². The van der Waals surface area contributed by atoms with E-state index in [0.717, 1.165) is 67.3 Å². The lowest BCUT2D eigenvalue weighted by molar-refractivity contribution is -0.137. The second kappa shape index (κ2) is 10.7. The fraction of sp³-hybridized carbons (Fsp3) is 0.462. The molecule has 2 aromatic rings. The first kappa shape index (κ1) is 26.3. The first-order chi connectivity index (χ1) is 17.1. The molecule has 0 saturated carbocycles. The van der Waals surface area contributed by atoms with Crippen LogP contribution in [0.15, 0.2) is 42.5 Å². The van der Waals surface area contributed by atoms with Gasteiger partial charge in [0.05, 0.1) is 17.6 Å². The summed E-state index contributed by atoms with van der Waals surface area (Å²) in [6.45, 7) is 4.77. The number of carbonyl (C=O) groups is 2. The second-order valence-electron chi connectivity index (χ2n) is 9.59.